The molecule has 1 aliphatic rings. The van der Waals surface area contributed by atoms with Crippen LogP contribution >= 0.6 is 12.4 Å². The Hall–Kier alpha value is -0.810. The standard InChI is InChI=1S/C10H18N2O3.ClH/c1-7(10(14)15-2)12-9(13)8-4-3-5-11-6-8;/h7-8,11H,3-6H2,1-2H3,(H,12,13);1H/t7?,8-;/m1./s1. The molecule has 0 aromatic heterocycles. The van der Waals surface area contributed by atoms with Crippen molar-refractivity contribution in [2.24, 2.45) is 5.92 Å². The SMILES string of the molecule is COC(=O)C(C)NC(=O)[C@@H]1CCCNC1.Cl. The van der Waals surface area contributed by atoms with E-state index in [4.69, 9.17) is 0 Å². The molecule has 0 spiro atoms. The minimum absolute atomic E-state index is 0. The van der Waals surface area contributed by atoms with Crippen LogP contribution in [-0.2, 0) is 14.3 Å². The Balaban J connectivity index is 0.00000225. The Morgan fingerprint density at radius 1 is 1.50 bits per heavy atom. The van der Waals surface area contributed by atoms with Gasteiger partial charge in [0.2, 0.25) is 5.91 Å². The summed E-state index contributed by atoms with van der Waals surface area (Å²) < 4.78 is 4.53. The van der Waals surface area contributed by atoms with Crippen molar-refractivity contribution in [3.8, 4) is 0 Å². The maximum Gasteiger partial charge on any atom is 0.328 e. The first-order chi connectivity index (χ1) is 7.15. The molecule has 0 saturated carbocycles. The molecule has 1 unspecified atom stereocenters. The highest BCUT2D eigenvalue weighted by Crippen LogP contribution is 2.09. The van der Waals surface area contributed by atoms with E-state index >= 15 is 0 Å². The summed E-state index contributed by atoms with van der Waals surface area (Å²) in [4.78, 5) is 22.7. The van der Waals surface area contributed by atoms with Crippen molar-refractivity contribution in [3.63, 3.8) is 0 Å². The van der Waals surface area contributed by atoms with Gasteiger partial charge in [-0.25, -0.2) is 4.79 Å². The lowest BCUT2D eigenvalue weighted by atomic mass is 9.98. The number of methoxy groups -OCH3 is 1. The molecule has 2 atom stereocenters. The lowest BCUT2D eigenvalue weighted by Crippen LogP contribution is -2.46. The second kappa shape index (κ2) is 7.46. The lowest BCUT2D eigenvalue weighted by Gasteiger charge is -2.23. The average Bonchev–Trinajstić information content (AvgIpc) is 2.29. The maximum absolute atomic E-state index is 11.7. The number of halogens is 1. The van der Waals surface area contributed by atoms with Crippen molar-refractivity contribution in [1.29, 1.82) is 0 Å². The summed E-state index contributed by atoms with van der Waals surface area (Å²) in [6.45, 7) is 3.29. The van der Waals surface area contributed by atoms with Gasteiger partial charge in [-0.05, 0) is 26.3 Å². The first-order valence-corrected chi connectivity index (χ1v) is 5.24. The Kier molecular flexibility index (Phi) is 7.08. The smallest absolute Gasteiger partial charge is 0.328 e. The molecule has 0 aromatic rings. The molecule has 5 nitrogen and oxygen atoms in total. The van der Waals surface area contributed by atoms with Crippen LogP contribution in [0.25, 0.3) is 0 Å². The summed E-state index contributed by atoms with van der Waals surface area (Å²) in [6.07, 6.45) is 1.89. The molecule has 6 heteroatoms. The number of piperidine rings is 1. The van der Waals surface area contributed by atoms with Crippen molar-refractivity contribution in [1.82, 2.24) is 10.6 Å². The second-order valence-corrected chi connectivity index (χ2v) is 3.80. The van der Waals surface area contributed by atoms with Gasteiger partial charge in [0.1, 0.15) is 6.04 Å². The highest BCUT2D eigenvalue weighted by Gasteiger charge is 2.24. The van der Waals surface area contributed by atoms with Gasteiger partial charge < -0.3 is 15.4 Å². The van der Waals surface area contributed by atoms with Crippen LogP contribution in [0.3, 0.4) is 0 Å². The van der Waals surface area contributed by atoms with E-state index in [1.54, 1.807) is 6.92 Å². The molecule has 2 N–H and O–H groups in total. The number of nitrogens with one attached hydrogen (secondary N) is 2. The molecule has 0 aliphatic carbocycles. The fraction of sp³-hybridized carbons (Fsp3) is 0.800. The number of amides is 1. The number of hydrogen-bond acceptors (Lipinski definition) is 4. The molecule has 1 aliphatic heterocycles. The van der Waals surface area contributed by atoms with Gasteiger partial charge >= 0.3 is 5.97 Å². The van der Waals surface area contributed by atoms with Crippen LogP contribution in [0, 0.1) is 5.92 Å². The molecule has 1 heterocycles. The van der Waals surface area contributed by atoms with Gasteiger partial charge in [-0.15, -0.1) is 12.4 Å². The van der Waals surface area contributed by atoms with Gasteiger partial charge in [0.25, 0.3) is 0 Å². The Morgan fingerprint density at radius 3 is 2.69 bits per heavy atom. The summed E-state index contributed by atoms with van der Waals surface area (Å²) >= 11 is 0. The zero-order valence-electron chi connectivity index (χ0n) is 9.62. The number of esters is 1. The van der Waals surface area contributed by atoms with E-state index in [1.165, 1.54) is 7.11 Å². The fourth-order valence-corrected chi connectivity index (χ4v) is 1.64. The summed E-state index contributed by atoms with van der Waals surface area (Å²) in [6, 6.07) is -0.565. The molecule has 16 heavy (non-hydrogen) atoms. The second-order valence-electron chi connectivity index (χ2n) is 3.80. The lowest BCUT2D eigenvalue weighted by molar-refractivity contribution is -0.145. The molecular weight excluding hydrogens is 232 g/mol. The Labute approximate surface area is 102 Å². The third kappa shape index (κ3) is 4.37. The Morgan fingerprint density at radius 2 is 2.19 bits per heavy atom. The van der Waals surface area contributed by atoms with Crippen LogP contribution in [-0.4, -0.2) is 38.1 Å². The molecule has 0 bridgehead atoms. The third-order valence-electron chi connectivity index (χ3n) is 2.58. The normalized spacial score (nSPS) is 21.5. The van der Waals surface area contributed by atoms with Gasteiger partial charge in [-0.1, -0.05) is 0 Å². The molecule has 94 valence electrons. The van der Waals surface area contributed by atoms with E-state index in [2.05, 4.69) is 15.4 Å². The third-order valence-corrected chi connectivity index (χ3v) is 2.58. The molecular formula is C10H19ClN2O3. The Bertz CT molecular complexity index is 242. The molecule has 1 rings (SSSR count). The monoisotopic (exact) mass is 250 g/mol. The van der Waals surface area contributed by atoms with Crippen LogP contribution in [0.1, 0.15) is 19.8 Å². The van der Waals surface area contributed by atoms with Crippen molar-refractivity contribution < 1.29 is 14.3 Å². The summed E-state index contributed by atoms with van der Waals surface area (Å²) in [5.74, 6) is -0.502. The summed E-state index contributed by atoms with van der Waals surface area (Å²) in [7, 11) is 1.31. The van der Waals surface area contributed by atoms with E-state index in [9.17, 15) is 9.59 Å². The molecule has 1 saturated heterocycles. The van der Waals surface area contributed by atoms with Crippen LogP contribution < -0.4 is 10.6 Å². The highest BCUT2D eigenvalue weighted by molar-refractivity contribution is 5.85. The number of carbonyl (C=O) groups excluding carboxylic acids is 2. The van der Waals surface area contributed by atoms with E-state index in [0.29, 0.717) is 6.54 Å². The minimum atomic E-state index is -0.565. The average molecular weight is 251 g/mol. The first kappa shape index (κ1) is 15.2. The zero-order chi connectivity index (χ0) is 11.3. The van der Waals surface area contributed by atoms with Crippen LogP contribution in [0.4, 0.5) is 0 Å². The van der Waals surface area contributed by atoms with Crippen molar-refractivity contribution in [3.05, 3.63) is 0 Å². The van der Waals surface area contributed by atoms with Gasteiger partial charge in [0, 0.05) is 6.54 Å². The van der Waals surface area contributed by atoms with E-state index < -0.39 is 12.0 Å². The summed E-state index contributed by atoms with van der Waals surface area (Å²) in [5.41, 5.74) is 0. The topological polar surface area (TPSA) is 67.4 Å². The number of ether oxygens (including phenoxy) is 1. The molecule has 0 radical (unpaired) electrons. The predicted octanol–water partition coefficient (Wildman–Crippen LogP) is 0.0855. The largest absolute Gasteiger partial charge is 0.467 e. The fourth-order valence-electron chi connectivity index (χ4n) is 1.64. The molecule has 1 fully saturated rings. The van der Waals surface area contributed by atoms with Crippen LogP contribution in [0.2, 0.25) is 0 Å². The van der Waals surface area contributed by atoms with E-state index in [-0.39, 0.29) is 24.2 Å². The van der Waals surface area contributed by atoms with Gasteiger partial charge in [-0.2, -0.15) is 0 Å². The van der Waals surface area contributed by atoms with Crippen LogP contribution in [0.15, 0.2) is 0 Å². The quantitative estimate of drug-likeness (QED) is 0.697. The van der Waals surface area contributed by atoms with Gasteiger partial charge in [0.15, 0.2) is 0 Å². The van der Waals surface area contributed by atoms with Gasteiger partial charge in [0.05, 0.1) is 13.0 Å². The van der Waals surface area contributed by atoms with Gasteiger partial charge in [-0.3, -0.25) is 4.79 Å². The highest BCUT2D eigenvalue weighted by atomic mass is 35.5. The first-order valence-electron chi connectivity index (χ1n) is 5.24. The van der Waals surface area contributed by atoms with Crippen molar-refractivity contribution >= 4 is 24.3 Å². The van der Waals surface area contributed by atoms with Crippen LogP contribution in [0.5, 0.6) is 0 Å². The van der Waals surface area contributed by atoms with Crippen molar-refractivity contribution in [2.45, 2.75) is 25.8 Å². The summed E-state index contributed by atoms with van der Waals surface area (Å²) in [5, 5.41) is 5.80. The van der Waals surface area contributed by atoms with E-state index in [0.717, 1.165) is 19.4 Å². The zero-order valence-corrected chi connectivity index (χ0v) is 10.4. The number of rotatable bonds is 3. The maximum atomic E-state index is 11.7. The number of hydrogen-bond donors (Lipinski definition) is 2. The predicted molar refractivity (Wildman–Crippen MR) is 62.5 cm³/mol. The molecule has 0 aromatic carbocycles. The minimum Gasteiger partial charge on any atom is -0.467 e. The van der Waals surface area contributed by atoms with E-state index in [1.807, 2.05) is 0 Å². The van der Waals surface area contributed by atoms with Crippen molar-refractivity contribution in [2.75, 3.05) is 20.2 Å². The molecule has 1 amide bonds. The number of carbonyl (C=O) groups is 2.